The molecule has 0 bridgehead atoms. The van der Waals surface area contributed by atoms with E-state index in [1.54, 1.807) is 0 Å². The molecule has 2 rings (SSSR count). The third-order valence-electron chi connectivity index (χ3n) is 3.16. The molecule has 3 heteroatoms. The van der Waals surface area contributed by atoms with Crippen molar-refractivity contribution in [1.82, 2.24) is 4.90 Å². The van der Waals surface area contributed by atoms with Crippen molar-refractivity contribution in [3.63, 3.8) is 0 Å². The number of carbonyl (C=O) groups is 1. The van der Waals surface area contributed by atoms with Gasteiger partial charge < -0.3 is 10.0 Å². The largest absolute Gasteiger partial charge is 0.393 e. The highest BCUT2D eigenvalue weighted by atomic mass is 16.3. The zero-order chi connectivity index (χ0) is 9.26. The van der Waals surface area contributed by atoms with Crippen LogP contribution >= 0.6 is 0 Å². The number of aliphatic hydroxyl groups excluding tert-OH is 1. The number of rotatable bonds is 1. The topological polar surface area (TPSA) is 40.5 Å². The Hall–Kier alpha value is -0.570. The van der Waals surface area contributed by atoms with Gasteiger partial charge in [-0.1, -0.05) is 6.42 Å². The van der Waals surface area contributed by atoms with Crippen LogP contribution in [0.1, 0.15) is 32.1 Å². The Labute approximate surface area is 78.7 Å². The minimum absolute atomic E-state index is 0.115. The van der Waals surface area contributed by atoms with E-state index in [0.717, 1.165) is 38.8 Å². The fraction of sp³-hybridized carbons (Fsp3) is 0.900. The Bertz CT molecular complexity index is 201. The summed E-state index contributed by atoms with van der Waals surface area (Å²) in [6, 6.07) is 0. The predicted molar refractivity (Wildman–Crippen MR) is 49.2 cm³/mol. The summed E-state index contributed by atoms with van der Waals surface area (Å²) in [5.41, 5.74) is 0. The fourth-order valence-corrected chi connectivity index (χ4v) is 2.18. The Morgan fingerprint density at radius 1 is 1.23 bits per heavy atom. The molecule has 0 aromatic carbocycles. The lowest BCUT2D eigenvalue weighted by atomic mass is 9.86. The molecule has 2 unspecified atom stereocenters. The first-order valence-electron chi connectivity index (χ1n) is 5.24. The zero-order valence-electron chi connectivity index (χ0n) is 7.91. The van der Waals surface area contributed by atoms with Gasteiger partial charge in [0.05, 0.1) is 6.10 Å². The van der Waals surface area contributed by atoms with E-state index in [2.05, 4.69) is 0 Å². The molecule has 1 aliphatic carbocycles. The van der Waals surface area contributed by atoms with Crippen molar-refractivity contribution in [2.45, 2.75) is 38.2 Å². The maximum absolute atomic E-state index is 11.7. The molecule has 1 aliphatic heterocycles. The lowest BCUT2D eigenvalue weighted by molar-refractivity contribution is -0.141. The summed E-state index contributed by atoms with van der Waals surface area (Å²) >= 11 is 0. The summed E-state index contributed by atoms with van der Waals surface area (Å²) in [4.78, 5) is 13.7. The third-order valence-corrected chi connectivity index (χ3v) is 3.16. The summed E-state index contributed by atoms with van der Waals surface area (Å²) in [6.45, 7) is 1.87. The Kier molecular flexibility index (Phi) is 2.54. The molecule has 2 fully saturated rings. The highest BCUT2D eigenvalue weighted by Gasteiger charge is 2.31. The van der Waals surface area contributed by atoms with E-state index in [1.165, 1.54) is 0 Å². The van der Waals surface area contributed by atoms with Gasteiger partial charge in [-0.2, -0.15) is 0 Å². The minimum Gasteiger partial charge on any atom is -0.393 e. The molecule has 3 nitrogen and oxygen atoms in total. The molecule has 1 saturated heterocycles. The van der Waals surface area contributed by atoms with Crippen LogP contribution in [0, 0.1) is 5.92 Å². The average Bonchev–Trinajstić information content (AvgIpc) is 2.01. The second-order valence-electron chi connectivity index (χ2n) is 4.20. The van der Waals surface area contributed by atoms with Crippen LogP contribution < -0.4 is 0 Å². The highest BCUT2D eigenvalue weighted by molar-refractivity contribution is 5.79. The van der Waals surface area contributed by atoms with Crippen molar-refractivity contribution < 1.29 is 9.90 Å². The zero-order valence-corrected chi connectivity index (χ0v) is 7.91. The van der Waals surface area contributed by atoms with Gasteiger partial charge in [0.25, 0.3) is 0 Å². The average molecular weight is 183 g/mol. The summed E-state index contributed by atoms with van der Waals surface area (Å²) in [6.07, 6.45) is 4.47. The molecule has 1 heterocycles. The van der Waals surface area contributed by atoms with Gasteiger partial charge in [0.15, 0.2) is 0 Å². The normalized spacial score (nSPS) is 34.1. The number of nitrogens with zero attached hydrogens (tertiary/aromatic N) is 1. The molecule has 1 amide bonds. The van der Waals surface area contributed by atoms with Crippen molar-refractivity contribution >= 4 is 5.91 Å². The highest BCUT2D eigenvalue weighted by Crippen LogP contribution is 2.27. The van der Waals surface area contributed by atoms with E-state index in [9.17, 15) is 9.90 Å². The van der Waals surface area contributed by atoms with Crippen LogP contribution in [0.5, 0.6) is 0 Å². The standard InChI is InChI=1S/C10H17NO2/c12-9-4-1-3-8(7-9)10(13)11-5-2-6-11/h8-9,12H,1-7H2. The Balaban J connectivity index is 1.87. The van der Waals surface area contributed by atoms with E-state index >= 15 is 0 Å². The van der Waals surface area contributed by atoms with E-state index in [0.29, 0.717) is 6.42 Å². The fourth-order valence-electron chi connectivity index (χ4n) is 2.18. The summed E-state index contributed by atoms with van der Waals surface area (Å²) in [5, 5.41) is 9.43. The smallest absolute Gasteiger partial charge is 0.225 e. The second-order valence-corrected chi connectivity index (χ2v) is 4.20. The van der Waals surface area contributed by atoms with Crippen molar-refractivity contribution in [3.05, 3.63) is 0 Å². The Morgan fingerprint density at radius 3 is 2.54 bits per heavy atom. The summed E-state index contributed by atoms with van der Waals surface area (Å²) in [7, 11) is 0. The monoisotopic (exact) mass is 183 g/mol. The first-order valence-corrected chi connectivity index (χ1v) is 5.24. The molecule has 74 valence electrons. The molecule has 1 saturated carbocycles. The molecule has 2 atom stereocenters. The molecule has 1 N–H and O–H groups in total. The van der Waals surface area contributed by atoms with Crippen LogP contribution in [0.15, 0.2) is 0 Å². The lowest BCUT2D eigenvalue weighted by Gasteiger charge is -2.36. The van der Waals surface area contributed by atoms with Crippen LogP contribution in [0.4, 0.5) is 0 Å². The minimum atomic E-state index is -0.232. The molecular weight excluding hydrogens is 166 g/mol. The van der Waals surface area contributed by atoms with E-state index in [1.807, 2.05) is 4.90 Å². The molecule has 0 spiro atoms. The third kappa shape index (κ3) is 1.85. The van der Waals surface area contributed by atoms with Crippen LogP contribution in [-0.2, 0) is 4.79 Å². The number of likely N-dealkylation sites (tertiary alicyclic amines) is 1. The van der Waals surface area contributed by atoms with Crippen LogP contribution in [0.25, 0.3) is 0 Å². The number of hydrogen-bond donors (Lipinski definition) is 1. The maximum atomic E-state index is 11.7. The van der Waals surface area contributed by atoms with Crippen LogP contribution in [-0.4, -0.2) is 35.1 Å². The molecule has 0 aromatic rings. The summed E-state index contributed by atoms with van der Waals surface area (Å²) in [5.74, 6) is 0.397. The van der Waals surface area contributed by atoms with E-state index < -0.39 is 0 Å². The van der Waals surface area contributed by atoms with Gasteiger partial charge in [-0.05, 0) is 25.7 Å². The van der Waals surface area contributed by atoms with Gasteiger partial charge in [-0.3, -0.25) is 4.79 Å². The number of carbonyl (C=O) groups excluding carboxylic acids is 1. The lowest BCUT2D eigenvalue weighted by Crippen LogP contribution is -2.46. The van der Waals surface area contributed by atoms with Gasteiger partial charge in [0, 0.05) is 19.0 Å². The quantitative estimate of drug-likeness (QED) is 0.652. The molecule has 0 radical (unpaired) electrons. The number of hydrogen-bond acceptors (Lipinski definition) is 2. The SMILES string of the molecule is O=C(C1CCCC(O)C1)N1CCC1. The molecule has 2 aliphatic rings. The summed E-state index contributed by atoms with van der Waals surface area (Å²) < 4.78 is 0. The Morgan fingerprint density at radius 2 is 2.00 bits per heavy atom. The molecule has 0 aromatic heterocycles. The van der Waals surface area contributed by atoms with Gasteiger partial charge in [-0.25, -0.2) is 0 Å². The number of amides is 1. The van der Waals surface area contributed by atoms with Crippen LogP contribution in [0.3, 0.4) is 0 Å². The predicted octanol–water partition coefficient (Wildman–Crippen LogP) is 0.770. The van der Waals surface area contributed by atoms with E-state index in [-0.39, 0.29) is 17.9 Å². The molecule has 13 heavy (non-hydrogen) atoms. The van der Waals surface area contributed by atoms with Crippen molar-refractivity contribution in [3.8, 4) is 0 Å². The first-order chi connectivity index (χ1) is 6.27. The van der Waals surface area contributed by atoms with Crippen molar-refractivity contribution in [2.24, 2.45) is 5.92 Å². The second kappa shape index (κ2) is 3.66. The van der Waals surface area contributed by atoms with Gasteiger partial charge >= 0.3 is 0 Å². The van der Waals surface area contributed by atoms with Crippen molar-refractivity contribution in [1.29, 1.82) is 0 Å². The van der Waals surface area contributed by atoms with Crippen molar-refractivity contribution in [2.75, 3.05) is 13.1 Å². The van der Waals surface area contributed by atoms with E-state index in [4.69, 9.17) is 0 Å². The van der Waals surface area contributed by atoms with Gasteiger partial charge in [0.2, 0.25) is 5.91 Å². The number of aliphatic hydroxyl groups is 1. The maximum Gasteiger partial charge on any atom is 0.225 e. The van der Waals surface area contributed by atoms with Crippen LogP contribution in [0.2, 0.25) is 0 Å². The van der Waals surface area contributed by atoms with Gasteiger partial charge in [0.1, 0.15) is 0 Å². The molecular formula is C10H17NO2. The first kappa shape index (κ1) is 9.00. The van der Waals surface area contributed by atoms with Gasteiger partial charge in [-0.15, -0.1) is 0 Å².